The number of imidazole rings is 1. The Morgan fingerprint density at radius 1 is 1.23 bits per heavy atom. The Hall–Kier alpha value is -2.81. The van der Waals surface area contributed by atoms with Crippen molar-refractivity contribution in [2.75, 3.05) is 13.7 Å². The summed E-state index contributed by atoms with van der Waals surface area (Å²) in [4.78, 5) is 8.37. The van der Waals surface area contributed by atoms with E-state index in [0.717, 1.165) is 39.1 Å². The van der Waals surface area contributed by atoms with E-state index >= 15 is 0 Å². The fourth-order valence-corrected chi connectivity index (χ4v) is 6.04. The standard InChI is InChI=1S/C29H39N5O3SSi/c1-19-15-24(36-5)25(21-11-12-31-26(19)21)27(33-38(35)29(2,3)4)28-32-22-10-9-20(17-30)16-23(22)34(28)18-37-13-14-39(6,7)8/h9-12,15-16,27,31,33H,13-14,18H2,1-8H3. The van der Waals surface area contributed by atoms with Crippen LogP contribution in [-0.2, 0) is 22.8 Å². The van der Waals surface area contributed by atoms with Crippen molar-refractivity contribution in [2.24, 2.45) is 0 Å². The van der Waals surface area contributed by atoms with E-state index in [-0.39, 0.29) is 6.73 Å². The van der Waals surface area contributed by atoms with E-state index in [9.17, 15) is 9.81 Å². The summed E-state index contributed by atoms with van der Waals surface area (Å²) in [6, 6.07) is 12.1. The largest absolute Gasteiger partial charge is 0.598 e. The van der Waals surface area contributed by atoms with E-state index in [1.165, 1.54) is 0 Å². The lowest BCUT2D eigenvalue weighted by Gasteiger charge is -2.29. The summed E-state index contributed by atoms with van der Waals surface area (Å²) >= 11 is -1.43. The van der Waals surface area contributed by atoms with Crippen molar-refractivity contribution in [2.45, 2.75) is 70.9 Å². The van der Waals surface area contributed by atoms with Crippen molar-refractivity contribution in [3.8, 4) is 11.8 Å². The van der Waals surface area contributed by atoms with Crippen LogP contribution in [0.1, 0.15) is 49.3 Å². The zero-order chi connectivity index (χ0) is 28.5. The van der Waals surface area contributed by atoms with Crippen LogP contribution in [0, 0.1) is 18.3 Å². The van der Waals surface area contributed by atoms with Crippen molar-refractivity contribution >= 4 is 41.4 Å². The molecule has 0 aliphatic rings. The van der Waals surface area contributed by atoms with Gasteiger partial charge in [-0.1, -0.05) is 19.6 Å². The van der Waals surface area contributed by atoms with Gasteiger partial charge in [-0.15, -0.1) is 4.72 Å². The number of fused-ring (bicyclic) bond motifs is 2. The molecule has 208 valence electrons. The van der Waals surface area contributed by atoms with Gasteiger partial charge in [-0.25, -0.2) is 4.98 Å². The van der Waals surface area contributed by atoms with Gasteiger partial charge in [0.1, 0.15) is 29.1 Å². The van der Waals surface area contributed by atoms with Crippen molar-refractivity contribution in [3.05, 3.63) is 59.0 Å². The highest BCUT2D eigenvalue weighted by atomic mass is 32.2. The maximum absolute atomic E-state index is 13.6. The second-order valence-electron chi connectivity index (χ2n) is 12.1. The fourth-order valence-electron chi connectivity index (χ4n) is 4.49. The number of methoxy groups -OCH3 is 1. The average molecular weight is 566 g/mol. The molecule has 2 N–H and O–H groups in total. The molecule has 2 aromatic carbocycles. The molecule has 0 saturated heterocycles. The number of hydrogen-bond donors (Lipinski definition) is 2. The molecule has 8 nitrogen and oxygen atoms in total. The monoisotopic (exact) mass is 565 g/mol. The van der Waals surface area contributed by atoms with Crippen LogP contribution >= 0.6 is 0 Å². The normalized spacial score (nSPS) is 14.1. The number of nitrogens with one attached hydrogen (secondary N) is 2. The molecular formula is C29H39N5O3SSi. The number of nitrogens with zero attached hydrogens (tertiary/aromatic N) is 3. The molecule has 0 radical (unpaired) electrons. The summed E-state index contributed by atoms with van der Waals surface area (Å²) in [7, 11) is 0.364. The molecule has 2 atom stereocenters. The Bertz CT molecular complexity index is 1510. The highest BCUT2D eigenvalue weighted by molar-refractivity contribution is 7.90. The molecule has 0 aliphatic carbocycles. The average Bonchev–Trinajstić information content (AvgIpc) is 3.49. The summed E-state index contributed by atoms with van der Waals surface area (Å²) < 4.78 is 30.6. The number of benzene rings is 2. The predicted molar refractivity (Wildman–Crippen MR) is 161 cm³/mol. The lowest BCUT2D eigenvalue weighted by atomic mass is 9.98. The number of aromatic nitrogens is 3. The molecule has 4 rings (SSSR count). The smallest absolute Gasteiger partial charge is 0.140 e. The Labute approximate surface area is 235 Å². The van der Waals surface area contributed by atoms with Crippen LogP contribution in [0.2, 0.25) is 25.7 Å². The first-order chi connectivity index (χ1) is 18.3. The zero-order valence-electron chi connectivity index (χ0n) is 24.1. The molecule has 2 heterocycles. The van der Waals surface area contributed by atoms with Gasteiger partial charge in [0.15, 0.2) is 0 Å². The molecule has 0 spiro atoms. The van der Waals surface area contributed by atoms with Crippen molar-refractivity contribution in [3.63, 3.8) is 0 Å². The van der Waals surface area contributed by atoms with Gasteiger partial charge in [0, 0.05) is 48.7 Å². The molecule has 2 aromatic heterocycles. The Balaban J connectivity index is 1.94. The zero-order valence-corrected chi connectivity index (χ0v) is 26.0. The van der Waals surface area contributed by atoms with Gasteiger partial charge in [-0.05, 0) is 69.6 Å². The summed E-state index contributed by atoms with van der Waals surface area (Å²) in [5.74, 6) is 1.33. The van der Waals surface area contributed by atoms with E-state index in [2.05, 4.69) is 35.4 Å². The fraction of sp³-hybridized carbons (Fsp3) is 0.448. The number of aryl methyl sites for hydroxylation is 1. The van der Waals surface area contributed by atoms with Crippen LogP contribution in [-0.4, -0.2) is 45.6 Å². The van der Waals surface area contributed by atoms with Gasteiger partial charge >= 0.3 is 0 Å². The van der Waals surface area contributed by atoms with Crippen LogP contribution in [0.5, 0.6) is 5.75 Å². The van der Waals surface area contributed by atoms with Gasteiger partial charge in [0.2, 0.25) is 0 Å². The quantitative estimate of drug-likeness (QED) is 0.135. The van der Waals surface area contributed by atoms with Gasteiger partial charge < -0.3 is 23.6 Å². The van der Waals surface area contributed by atoms with Gasteiger partial charge in [0.25, 0.3) is 0 Å². The van der Waals surface area contributed by atoms with Crippen LogP contribution in [0.15, 0.2) is 36.5 Å². The summed E-state index contributed by atoms with van der Waals surface area (Å²) in [5.41, 5.74) is 4.95. The summed E-state index contributed by atoms with van der Waals surface area (Å²) in [6.07, 6.45) is 1.90. The van der Waals surface area contributed by atoms with E-state index in [0.29, 0.717) is 23.7 Å². The number of ether oxygens (including phenoxy) is 2. The van der Waals surface area contributed by atoms with Gasteiger partial charge in [-0.2, -0.15) is 5.26 Å². The maximum atomic E-state index is 13.6. The summed E-state index contributed by atoms with van der Waals surface area (Å²) in [5, 5.41) is 10.6. The van der Waals surface area contributed by atoms with Gasteiger partial charge in [-0.3, -0.25) is 0 Å². The number of hydrogen-bond acceptors (Lipinski definition) is 6. The van der Waals surface area contributed by atoms with E-state index in [1.807, 2.05) is 62.7 Å². The molecule has 39 heavy (non-hydrogen) atoms. The van der Waals surface area contributed by atoms with E-state index in [1.54, 1.807) is 13.2 Å². The molecule has 0 amide bonds. The first-order valence-corrected chi connectivity index (χ1v) is 18.0. The number of rotatable bonds is 10. The molecule has 0 saturated carbocycles. The molecule has 4 aromatic rings. The second kappa shape index (κ2) is 11.4. The van der Waals surface area contributed by atoms with E-state index in [4.69, 9.17) is 14.5 Å². The molecular weight excluding hydrogens is 527 g/mol. The van der Waals surface area contributed by atoms with Crippen LogP contribution in [0.3, 0.4) is 0 Å². The Kier molecular flexibility index (Phi) is 8.49. The highest BCUT2D eigenvalue weighted by Gasteiger charge is 2.36. The Morgan fingerprint density at radius 2 is 1.97 bits per heavy atom. The van der Waals surface area contributed by atoms with Crippen molar-refractivity contribution in [1.82, 2.24) is 19.3 Å². The third-order valence-electron chi connectivity index (χ3n) is 6.72. The topological polar surface area (TPSA) is 111 Å². The SMILES string of the molecule is COc1cc(C)c2[nH]ccc2c1C(N[S+]([O-])C(C)(C)C)c1nc2ccc(C#N)cc2n1COCC[Si](C)(C)C. The molecule has 2 unspecified atom stereocenters. The second-order valence-corrected chi connectivity index (χ2v) is 19.7. The van der Waals surface area contributed by atoms with Crippen LogP contribution < -0.4 is 9.46 Å². The number of nitriles is 1. The first-order valence-electron chi connectivity index (χ1n) is 13.1. The Morgan fingerprint density at radius 3 is 2.62 bits per heavy atom. The predicted octanol–water partition coefficient (Wildman–Crippen LogP) is 6.16. The highest BCUT2D eigenvalue weighted by Crippen LogP contribution is 2.39. The van der Waals surface area contributed by atoms with E-state index < -0.39 is 30.2 Å². The molecule has 10 heteroatoms. The lowest BCUT2D eigenvalue weighted by molar-refractivity contribution is 0.0873. The lowest BCUT2D eigenvalue weighted by Crippen LogP contribution is -2.42. The number of H-pyrrole nitrogens is 1. The third-order valence-corrected chi connectivity index (χ3v) is 9.98. The summed E-state index contributed by atoms with van der Waals surface area (Å²) in [6.45, 7) is 15.7. The van der Waals surface area contributed by atoms with Crippen LogP contribution in [0.25, 0.3) is 21.9 Å². The molecule has 0 aliphatic heterocycles. The minimum Gasteiger partial charge on any atom is -0.598 e. The minimum absolute atomic E-state index is 0.260. The maximum Gasteiger partial charge on any atom is 0.140 e. The third kappa shape index (κ3) is 6.34. The van der Waals surface area contributed by atoms with Crippen molar-refractivity contribution in [1.29, 1.82) is 5.26 Å². The van der Waals surface area contributed by atoms with Crippen molar-refractivity contribution < 1.29 is 14.0 Å². The molecule has 0 fully saturated rings. The molecule has 0 bridgehead atoms. The minimum atomic E-state index is -1.43. The van der Waals surface area contributed by atoms with Crippen LogP contribution in [0.4, 0.5) is 0 Å². The van der Waals surface area contributed by atoms with Gasteiger partial charge in [0.05, 0.1) is 29.8 Å². The first kappa shape index (κ1) is 29.2. The number of aromatic amines is 1.